The highest BCUT2D eigenvalue weighted by atomic mass is 14.9. The monoisotopic (exact) mass is 221 g/mol. The lowest BCUT2D eigenvalue weighted by Crippen LogP contribution is -2.26. The van der Waals surface area contributed by atoms with Gasteiger partial charge in [-0.25, -0.2) is 4.98 Å². The van der Waals surface area contributed by atoms with E-state index >= 15 is 0 Å². The molecule has 1 atom stereocenters. The zero-order chi connectivity index (χ0) is 11.8. The van der Waals surface area contributed by atoms with E-state index in [9.17, 15) is 0 Å². The van der Waals surface area contributed by atoms with Crippen molar-refractivity contribution >= 4 is 5.82 Å². The Morgan fingerprint density at radius 3 is 3.00 bits per heavy atom. The Bertz CT molecular complexity index is 299. The quantitative estimate of drug-likeness (QED) is 0.743. The summed E-state index contributed by atoms with van der Waals surface area (Å²) >= 11 is 0. The number of nitrogens with zero attached hydrogens (tertiary/aromatic N) is 1. The number of nitrogens with two attached hydrogens (primary N) is 1. The Morgan fingerprint density at radius 2 is 2.31 bits per heavy atom. The highest BCUT2D eigenvalue weighted by molar-refractivity contribution is 5.31. The van der Waals surface area contributed by atoms with Crippen molar-refractivity contribution in [2.24, 2.45) is 0 Å². The second kappa shape index (κ2) is 7.23. The van der Waals surface area contributed by atoms with Crippen molar-refractivity contribution < 1.29 is 0 Å². The minimum Gasteiger partial charge on any atom is -0.384 e. The van der Waals surface area contributed by atoms with E-state index in [1.54, 1.807) is 6.20 Å². The first kappa shape index (κ1) is 13.0. The van der Waals surface area contributed by atoms with Gasteiger partial charge in [-0.1, -0.05) is 6.92 Å². The average Bonchev–Trinajstić information content (AvgIpc) is 2.26. The molecule has 0 fully saturated rings. The van der Waals surface area contributed by atoms with Gasteiger partial charge in [0.15, 0.2) is 0 Å². The second-order valence-electron chi connectivity index (χ2n) is 4.34. The summed E-state index contributed by atoms with van der Waals surface area (Å²) in [6, 6.07) is 4.61. The maximum atomic E-state index is 5.63. The summed E-state index contributed by atoms with van der Waals surface area (Å²) in [5.74, 6) is 0.620. The molecule has 1 aromatic rings. The van der Waals surface area contributed by atoms with E-state index in [-0.39, 0.29) is 0 Å². The number of aryl methyl sites for hydroxylation is 1. The van der Waals surface area contributed by atoms with Crippen molar-refractivity contribution in [2.45, 2.75) is 45.6 Å². The van der Waals surface area contributed by atoms with Crippen LogP contribution in [0.1, 0.15) is 38.7 Å². The summed E-state index contributed by atoms with van der Waals surface area (Å²) in [5, 5.41) is 3.49. The topological polar surface area (TPSA) is 50.9 Å². The number of nitrogen functional groups attached to an aromatic ring is 1. The van der Waals surface area contributed by atoms with Gasteiger partial charge in [0.05, 0.1) is 0 Å². The molecule has 0 aliphatic rings. The number of hydrogen-bond acceptors (Lipinski definition) is 3. The molecule has 0 aliphatic carbocycles. The highest BCUT2D eigenvalue weighted by Gasteiger charge is 2.01. The van der Waals surface area contributed by atoms with Gasteiger partial charge >= 0.3 is 0 Å². The van der Waals surface area contributed by atoms with Crippen LogP contribution in [-0.2, 0) is 6.42 Å². The molecule has 16 heavy (non-hydrogen) atoms. The first-order valence-corrected chi connectivity index (χ1v) is 6.16. The zero-order valence-corrected chi connectivity index (χ0v) is 10.4. The third-order valence-electron chi connectivity index (χ3n) is 2.69. The van der Waals surface area contributed by atoms with Gasteiger partial charge in [-0.05, 0) is 56.8 Å². The zero-order valence-electron chi connectivity index (χ0n) is 10.4. The van der Waals surface area contributed by atoms with Crippen LogP contribution in [0.2, 0.25) is 0 Å². The van der Waals surface area contributed by atoms with Gasteiger partial charge in [0.25, 0.3) is 0 Å². The third kappa shape index (κ3) is 5.12. The number of anilines is 1. The Hall–Kier alpha value is -1.09. The molecule has 90 valence electrons. The van der Waals surface area contributed by atoms with E-state index in [4.69, 9.17) is 5.73 Å². The Kier molecular flexibility index (Phi) is 5.86. The summed E-state index contributed by atoms with van der Waals surface area (Å²) in [4.78, 5) is 3.99. The first-order chi connectivity index (χ1) is 7.72. The van der Waals surface area contributed by atoms with Gasteiger partial charge in [0.1, 0.15) is 5.82 Å². The fraction of sp³-hybridized carbons (Fsp3) is 0.615. The second-order valence-corrected chi connectivity index (χ2v) is 4.34. The van der Waals surface area contributed by atoms with Crippen molar-refractivity contribution in [2.75, 3.05) is 12.3 Å². The maximum Gasteiger partial charge on any atom is 0.123 e. The molecule has 3 N–H and O–H groups in total. The van der Waals surface area contributed by atoms with E-state index in [2.05, 4.69) is 24.1 Å². The Morgan fingerprint density at radius 1 is 1.50 bits per heavy atom. The molecule has 0 bridgehead atoms. The molecule has 1 aromatic heterocycles. The standard InChI is InChI=1S/C13H23N3/c1-3-8-15-11(2)5-4-6-12-7-9-16-13(14)10-12/h7,9-11,15H,3-6,8H2,1-2H3,(H2,14,16). The summed E-state index contributed by atoms with van der Waals surface area (Å²) in [7, 11) is 0. The molecule has 0 saturated carbocycles. The molecular weight excluding hydrogens is 198 g/mol. The van der Waals surface area contributed by atoms with Crippen LogP contribution in [0, 0.1) is 0 Å². The average molecular weight is 221 g/mol. The molecule has 3 nitrogen and oxygen atoms in total. The van der Waals surface area contributed by atoms with Crippen LogP contribution in [0.3, 0.4) is 0 Å². The van der Waals surface area contributed by atoms with Crippen molar-refractivity contribution in [1.29, 1.82) is 0 Å². The van der Waals surface area contributed by atoms with Gasteiger partial charge in [-0.15, -0.1) is 0 Å². The normalized spacial score (nSPS) is 12.6. The van der Waals surface area contributed by atoms with Gasteiger partial charge in [0.2, 0.25) is 0 Å². The van der Waals surface area contributed by atoms with Gasteiger partial charge in [-0.2, -0.15) is 0 Å². The van der Waals surface area contributed by atoms with Crippen LogP contribution < -0.4 is 11.1 Å². The molecule has 0 aromatic carbocycles. The Balaban J connectivity index is 2.20. The Labute approximate surface area is 98.5 Å². The molecule has 0 spiro atoms. The highest BCUT2D eigenvalue weighted by Crippen LogP contribution is 2.08. The summed E-state index contributed by atoms with van der Waals surface area (Å²) in [5.41, 5.74) is 6.92. The van der Waals surface area contributed by atoms with Gasteiger partial charge in [-0.3, -0.25) is 0 Å². The molecule has 0 aliphatic heterocycles. The fourth-order valence-electron chi connectivity index (χ4n) is 1.76. The first-order valence-electron chi connectivity index (χ1n) is 6.16. The number of nitrogens with one attached hydrogen (secondary N) is 1. The molecule has 3 heteroatoms. The summed E-state index contributed by atoms with van der Waals surface area (Å²) in [6.45, 7) is 5.55. The van der Waals surface area contributed by atoms with E-state index < -0.39 is 0 Å². The largest absolute Gasteiger partial charge is 0.384 e. The minimum absolute atomic E-state index is 0.610. The number of pyridine rings is 1. The number of aromatic nitrogens is 1. The molecule has 1 unspecified atom stereocenters. The van der Waals surface area contributed by atoms with Crippen molar-refractivity contribution in [3.8, 4) is 0 Å². The van der Waals surface area contributed by atoms with Crippen molar-refractivity contribution in [3.05, 3.63) is 23.9 Å². The molecule has 0 amide bonds. The van der Waals surface area contributed by atoms with Gasteiger partial charge in [0, 0.05) is 12.2 Å². The van der Waals surface area contributed by atoms with Crippen molar-refractivity contribution in [1.82, 2.24) is 10.3 Å². The SMILES string of the molecule is CCCNC(C)CCCc1ccnc(N)c1. The third-order valence-corrected chi connectivity index (χ3v) is 2.69. The molecule has 0 radical (unpaired) electrons. The van der Waals surface area contributed by atoms with E-state index in [0.717, 1.165) is 13.0 Å². The number of hydrogen-bond donors (Lipinski definition) is 2. The van der Waals surface area contributed by atoms with E-state index in [1.165, 1.54) is 24.8 Å². The predicted molar refractivity (Wildman–Crippen MR) is 69.3 cm³/mol. The van der Waals surface area contributed by atoms with Crippen molar-refractivity contribution in [3.63, 3.8) is 0 Å². The van der Waals surface area contributed by atoms with E-state index in [0.29, 0.717) is 11.9 Å². The lowest BCUT2D eigenvalue weighted by Gasteiger charge is -2.12. The van der Waals surface area contributed by atoms with Crippen LogP contribution >= 0.6 is 0 Å². The van der Waals surface area contributed by atoms with E-state index in [1.807, 2.05) is 12.1 Å². The molecule has 0 saturated heterocycles. The number of rotatable bonds is 7. The van der Waals surface area contributed by atoms with Crippen LogP contribution in [0.25, 0.3) is 0 Å². The summed E-state index contributed by atoms with van der Waals surface area (Å²) in [6.07, 6.45) is 6.48. The summed E-state index contributed by atoms with van der Waals surface area (Å²) < 4.78 is 0. The van der Waals surface area contributed by atoms with Crippen LogP contribution in [-0.4, -0.2) is 17.6 Å². The van der Waals surface area contributed by atoms with Gasteiger partial charge < -0.3 is 11.1 Å². The maximum absolute atomic E-state index is 5.63. The lowest BCUT2D eigenvalue weighted by atomic mass is 10.1. The molecule has 1 rings (SSSR count). The van der Waals surface area contributed by atoms with Crippen LogP contribution in [0.5, 0.6) is 0 Å². The predicted octanol–water partition coefficient (Wildman–Crippen LogP) is 2.37. The fourth-order valence-corrected chi connectivity index (χ4v) is 1.76. The minimum atomic E-state index is 0.610. The lowest BCUT2D eigenvalue weighted by molar-refractivity contribution is 0.498. The smallest absolute Gasteiger partial charge is 0.123 e. The van der Waals surface area contributed by atoms with Crippen LogP contribution in [0.4, 0.5) is 5.82 Å². The van der Waals surface area contributed by atoms with Crippen LogP contribution in [0.15, 0.2) is 18.3 Å². The molecule has 1 heterocycles. The molecular formula is C13H23N3.